The van der Waals surface area contributed by atoms with Crippen molar-refractivity contribution in [3.63, 3.8) is 0 Å². The molecule has 0 unspecified atom stereocenters. The minimum atomic E-state index is -0.710. The van der Waals surface area contributed by atoms with Gasteiger partial charge in [-0.2, -0.15) is 0 Å². The number of methoxy groups -OCH3 is 1. The Morgan fingerprint density at radius 3 is 2.60 bits per heavy atom. The Morgan fingerprint density at radius 1 is 1.17 bits per heavy atom. The molecular formula is C27H28INO6. The van der Waals surface area contributed by atoms with Gasteiger partial charge in [0.15, 0.2) is 17.3 Å². The van der Waals surface area contributed by atoms with Crippen molar-refractivity contribution < 1.29 is 28.5 Å². The predicted molar refractivity (Wildman–Crippen MR) is 139 cm³/mol. The molecule has 2 aromatic carbocycles. The molecule has 7 nitrogen and oxygen atoms in total. The Balaban J connectivity index is 1.78. The average molecular weight is 589 g/mol. The zero-order valence-electron chi connectivity index (χ0n) is 20.0. The maximum absolute atomic E-state index is 13.0. The molecule has 0 saturated carbocycles. The molecule has 0 spiro atoms. The van der Waals surface area contributed by atoms with Gasteiger partial charge < -0.3 is 24.7 Å². The van der Waals surface area contributed by atoms with E-state index < -0.39 is 11.9 Å². The standard InChI is InChI=1S/C27H28INO6/c1-4-33-21-13-17(12-18(28)25(21)34-14-16-10-8-15(2)9-11-16)22-23-19(30)6-5-7-20(23)35-26(29)24(22)27(31)32-3/h8-13,22H,4-7,14,29H2,1-3H3/t22-/m0/s1. The maximum atomic E-state index is 13.0. The number of carbonyl (C=O) groups is 2. The van der Waals surface area contributed by atoms with E-state index in [-0.39, 0.29) is 17.2 Å². The van der Waals surface area contributed by atoms with E-state index in [1.807, 2.05) is 50.2 Å². The summed E-state index contributed by atoms with van der Waals surface area (Å²) in [5.41, 5.74) is 9.66. The van der Waals surface area contributed by atoms with Gasteiger partial charge in [-0.15, -0.1) is 0 Å². The minimum Gasteiger partial charge on any atom is -0.490 e. The lowest BCUT2D eigenvalue weighted by molar-refractivity contribution is -0.136. The van der Waals surface area contributed by atoms with Gasteiger partial charge in [-0.05, 0) is 66.1 Å². The van der Waals surface area contributed by atoms with Gasteiger partial charge in [0, 0.05) is 18.4 Å². The number of hydrogen-bond donors (Lipinski definition) is 1. The third-order valence-corrected chi connectivity index (χ3v) is 6.86. The van der Waals surface area contributed by atoms with Crippen LogP contribution in [0.15, 0.2) is 59.2 Å². The Labute approximate surface area is 218 Å². The molecule has 1 aliphatic heterocycles. The number of rotatable bonds is 7. The summed E-state index contributed by atoms with van der Waals surface area (Å²) >= 11 is 2.19. The number of carbonyl (C=O) groups excluding carboxylic acids is 2. The van der Waals surface area contributed by atoms with E-state index in [1.165, 1.54) is 12.7 Å². The molecule has 0 fully saturated rings. The highest BCUT2D eigenvalue weighted by atomic mass is 127. The third-order valence-electron chi connectivity index (χ3n) is 6.06. The molecule has 8 heteroatoms. The highest BCUT2D eigenvalue weighted by molar-refractivity contribution is 14.1. The number of benzene rings is 2. The lowest BCUT2D eigenvalue weighted by Crippen LogP contribution is -2.31. The van der Waals surface area contributed by atoms with Crippen LogP contribution in [0.4, 0.5) is 0 Å². The number of esters is 1. The largest absolute Gasteiger partial charge is 0.490 e. The van der Waals surface area contributed by atoms with Crippen LogP contribution in [0.2, 0.25) is 0 Å². The molecule has 0 saturated heterocycles. The SMILES string of the molecule is CCOc1cc([C@@H]2C(C(=O)OC)=C(N)OC3=C2C(=O)CCC3)cc(I)c1OCc1ccc(C)cc1. The summed E-state index contributed by atoms with van der Waals surface area (Å²) in [5, 5.41) is 0. The van der Waals surface area contributed by atoms with Crippen LogP contribution in [0.3, 0.4) is 0 Å². The van der Waals surface area contributed by atoms with E-state index >= 15 is 0 Å². The number of aryl methyl sites for hydroxylation is 1. The Bertz CT molecular complexity index is 1210. The first-order valence-corrected chi connectivity index (χ1v) is 12.6. The van der Waals surface area contributed by atoms with Crippen molar-refractivity contribution in [1.82, 2.24) is 0 Å². The fourth-order valence-corrected chi connectivity index (χ4v) is 5.18. The second-order valence-electron chi connectivity index (χ2n) is 8.46. The number of allylic oxidation sites excluding steroid dienone is 2. The van der Waals surface area contributed by atoms with Gasteiger partial charge in [0.1, 0.15) is 17.9 Å². The summed E-state index contributed by atoms with van der Waals surface area (Å²) in [5.74, 6) is 0.207. The molecule has 2 aliphatic rings. The van der Waals surface area contributed by atoms with Crippen LogP contribution in [-0.4, -0.2) is 25.5 Å². The molecule has 35 heavy (non-hydrogen) atoms. The minimum absolute atomic E-state index is 0.0389. The van der Waals surface area contributed by atoms with Gasteiger partial charge in [0.05, 0.1) is 23.2 Å². The number of nitrogens with two attached hydrogens (primary N) is 1. The molecule has 2 N–H and O–H groups in total. The van der Waals surface area contributed by atoms with Crippen molar-refractivity contribution in [2.75, 3.05) is 13.7 Å². The zero-order valence-corrected chi connectivity index (χ0v) is 22.1. The molecule has 184 valence electrons. The number of Topliss-reactive ketones (excluding diaryl/α,β-unsaturated/α-hetero) is 1. The summed E-state index contributed by atoms with van der Waals surface area (Å²) in [6.45, 7) is 4.72. The Kier molecular flexibility index (Phi) is 7.69. The topological polar surface area (TPSA) is 97.1 Å². The number of halogens is 1. The summed E-state index contributed by atoms with van der Waals surface area (Å²) in [6.07, 6.45) is 1.65. The Morgan fingerprint density at radius 2 is 1.91 bits per heavy atom. The van der Waals surface area contributed by atoms with Gasteiger partial charge in [-0.25, -0.2) is 4.79 Å². The van der Waals surface area contributed by atoms with Crippen LogP contribution in [0, 0.1) is 10.5 Å². The highest BCUT2D eigenvalue weighted by Gasteiger charge is 2.41. The third kappa shape index (κ3) is 5.17. The summed E-state index contributed by atoms with van der Waals surface area (Å²) in [6, 6.07) is 11.8. The quantitative estimate of drug-likeness (QED) is 0.357. The van der Waals surface area contributed by atoms with Crippen molar-refractivity contribution in [3.8, 4) is 11.5 Å². The number of hydrogen-bond acceptors (Lipinski definition) is 7. The lowest BCUT2D eigenvalue weighted by Gasteiger charge is -2.32. The van der Waals surface area contributed by atoms with Crippen LogP contribution in [-0.2, 0) is 25.7 Å². The summed E-state index contributed by atoms with van der Waals surface area (Å²) < 4.78 is 23.6. The van der Waals surface area contributed by atoms with Crippen molar-refractivity contribution in [1.29, 1.82) is 0 Å². The summed E-state index contributed by atoms with van der Waals surface area (Å²) in [7, 11) is 1.28. The molecule has 0 aromatic heterocycles. The first-order chi connectivity index (χ1) is 16.8. The van der Waals surface area contributed by atoms with Crippen molar-refractivity contribution in [2.45, 2.75) is 45.6 Å². The van der Waals surface area contributed by atoms with Crippen LogP contribution >= 0.6 is 22.6 Å². The number of ketones is 1. The van der Waals surface area contributed by atoms with Gasteiger partial charge in [-0.1, -0.05) is 29.8 Å². The second-order valence-corrected chi connectivity index (χ2v) is 9.62. The van der Waals surface area contributed by atoms with Gasteiger partial charge in [0.2, 0.25) is 5.88 Å². The van der Waals surface area contributed by atoms with Crippen LogP contribution in [0.5, 0.6) is 11.5 Å². The Hall–Kier alpha value is -3.01. The van der Waals surface area contributed by atoms with Gasteiger partial charge in [-0.3, -0.25) is 4.79 Å². The van der Waals surface area contributed by atoms with E-state index in [2.05, 4.69) is 22.6 Å². The molecule has 0 amide bonds. The molecule has 1 atom stereocenters. The molecule has 0 radical (unpaired) electrons. The first kappa shape index (κ1) is 25.1. The van der Waals surface area contributed by atoms with E-state index in [0.29, 0.717) is 60.9 Å². The monoisotopic (exact) mass is 589 g/mol. The predicted octanol–water partition coefficient (Wildman–Crippen LogP) is 5.04. The smallest absolute Gasteiger partial charge is 0.340 e. The maximum Gasteiger partial charge on any atom is 0.340 e. The van der Waals surface area contributed by atoms with Crippen molar-refractivity contribution in [3.05, 3.63) is 79.4 Å². The molecule has 1 heterocycles. The highest BCUT2D eigenvalue weighted by Crippen LogP contribution is 2.46. The van der Waals surface area contributed by atoms with E-state index in [9.17, 15) is 9.59 Å². The van der Waals surface area contributed by atoms with E-state index in [4.69, 9.17) is 24.7 Å². The van der Waals surface area contributed by atoms with E-state index in [1.54, 1.807) is 0 Å². The van der Waals surface area contributed by atoms with Crippen LogP contribution in [0.1, 0.15) is 48.8 Å². The van der Waals surface area contributed by atoms with E-state index in [0.717, 1.165) is 9.13 Å². The van der Waals surface area contributed by atoms with Crippen LogP contribution < -0.4 is 15.2 Å². The fraction of sp³-hybridized carbons (Fsp3) is 0.333. The molecule has 1 aliphatic carbocycles. The van der Waals surface area contributed by atoms with Crippen molar-refractivity contribution >= 4 is 34.3 Å². The lowest BCUT2D eigenvalue weighted by atomic mass is 9.77. The zero-order chi connectivity index (χ0) is 25.1. The van der Waals surface area contributed by atoms with Crippen molar-refractivity contribution in [2.24, 2.45) is 5.73 Å². The van der Waals surface area contributed by atoms with Gasteiger partial charge in [0.25, 0.3) is 0 Å². The molecule has 0 bridgehead atoms. The fourth-order valence-electron chi connectivity index (χ4n) is 4.40. The molecule has 2 aromatic rings. The van der Waals surface area contributed by atoms with Crippen LogP contribution in [0.25, 0.3) is 0 Å². The average Bonchev–Trinajstić information content (AvgIpc) is 2.83. The second kappa shape index (κ2) is 10.7. The number of ether oxygens (including phenoxy) is 4. The summed E-state index contributed by atoms with van der Waals surface area (Å²) in [4.78, 5) is 25.8. The molecule has 4 rings (SSSR count). The molecular weight excluding hydrogens is 561 g/mol. The normalized spacial score (nSPS) is 17.6. The first-order valence-electron chi connectivity index (χ1n) is 11.5. The van der Waals surface area contributed by atoms with Gasteiger partial charge >= 0.3 is 5.97 Å².